The van der Waals surface area contributed by atoms with Crippen molar-refractivity contribution in [1.82, 2.24) is 29.1 Å². The van der Waals surface area contributed by atoms with Crippen LogP contribution in [0.1, 0.15) is 24.8 Å². The van der Waals surface area contributed by atoms with Crippen molar-refractivity contribution >= 4 is 33.8 Å². The average molecular weight is 391 g/mol. The van der Waals surface area contributed by atoms with Gasteiger partial charge in [0, 0.05) is 44.4 Å². The first-order valence-corrected chi connectivity index (χ1v) is 9.50. The molecule has 0 radical (unpaired) electrons. The van der Waals surface area contributed by atoms with Gasteiger partial charge in [0.05, 0.1) is 22.8 Å². The molecule has 146 valence electrons. The summed E-state index contributed by atoms with van der Waals surface area (Å²) in [6.07, 6.45) is 6.09. The van der Waals surface area contributed by atoms with E-state index in [9.17, 15) is 9.18 Å². The van der Waals surface area contributed by atoms with Crippen LogP contribution in [0.3, 0.4) is 0 Å². The molecular formula is C20H18FN7O. The summed E-state index contributed by atoms with van der Waals surface area (Å²) in [4.78, 5) is 30.5. The van der Waals surface area contributed by atoms with Gasteiger partial charge in [0.2, 0.25) is 5.95 Å². The van der Waals surface area contributed by atoms with Gasteiger partial charge in [-0.3, -0.25) is 19.1 Å². The number of imidazole rings is 1. The second kappa shape index (κ2) is 5.16. The first kappa shape index (κ1) is 16.6. The second-order valence-corrected chi connectivity index (χ2v) is 8.32. The molecule has 1 aromatic carbocycles. The fraction of sp³-hybridized carbons (Fsp3) is 0.350. The quantitative estimate of drug-likeness (QED) is 0.578. The summed E-state index contributed by atoms with van der Waals surface area (Å²) in [7, 11) is 1.69. The SMILES string of the molecule is Cc1cc2nccnc2cc1Nc1ncc2c(n1)n(C13CC(F)(C1)C3)c(=O)n2C. The molecule has 3 heterocycles. The number of anilines is 2. The molecule has 3 aliphatic carbocycles. The summed E-state index contributed by atoms with van der Waals surface area (Å²) in [6.45, 7) is 1.97. The molecule has 0 aliphatic heterocycles. The van der Waals surface area contributed by atoms with E-state index in [2.05, 4.69) is 25.3 Å². The molecule has 4 aromatic rings. The number of hydrogen-bond acceptors (Lipinski definition) is 6. The smallest absolute Gasteiger partial charge is 0.324 e. The Hall–Kier alpha value is -3.36. The Bertz CT molecular complexity index is 1370. The lowest BCUT2D eigenvalue weighted by molar-refractivity contribution is -0.197. The highest BCUT2D eigenvalue weighted by Crippen LogP contribution is 2.67. The van der Waals surface area contributed by atoms with Gasteiger partial charge in [-0.1, -0.05) is 0 Å². The van der Waals surface area contributed by atoms with E-state index in [0.717, 1.165) is 22.3 Å². The van der Waals surface area contributed by atoms with Gasteiger partial charge >= 0.3 is 5.69 Å². The molecular weight excluding hydrogens is 373 g/mol. The fourth-order valence-corrected chi connectivity index (χ4v) is 4.82. The Morgan fingerprint density at radius 3 is 2.48 bits per heavy atom. The summed E-state index contributed by atoms with van der Waals surface area (Å²) in [6, 6.07) is 3.85. The van der Waals surface area contributed by atoms with Crippen molar-refractivity contribution in [3.63, 3.8) is 0 Å². The maximum atomic E-state index is 14.1. The summed E-state index contributed by atoms with van der Waals surface area (Å²) >= 11 is 0. The van der Waals surface area contributed by atoms with E-state index >= 15 is 0 Å². The van der Waals surface area contributed by atoms with Crippen molar-refractivity contribution < 1.29 is 4.39 Å². The summed E-state index contributed by atoms with van der Waals surface area (Å²) in [5.74, 6) is 0.379. The third-order valence-electron chi connectivity index (χ3n) is 6.28. The number of rotatable bonds is 3. The summed E-state index contributed by atoms with van der Waals surface area (Å²) < 4.78 is 17.3. The van der Waals surface area contributed by atoms with E-state index in [4.69, 9.17) is 0 Å². The summed E-state index contributed by atoms with van der Waals surface area (Å²) in [5, 5.41) is 3.23. The lowest BCUT2D eigenvalue weighted by Gasteiger charge is -2.65. The Balaban J connectivity index is 1.45. The monoisotopic (exact) mass is 391 g/mol. The van der Waals surface area contributed by atoms with Crippen LogP contribution >= 0.6 is 0 Å². The van der Waals surface area contributed by atoms with E-state index in [1.165, 1.54) is 4.57 Å². The van der Waals surface area contributed by atoms with Gasteiger partial charge < -0.3 is 5.32 Å². The molecule has 0 saturated heterocycles. The average Bonchev–Trinajstić information content (AvgIpc) is 2.89. The van der Waals surface area contributed by atoms with E-state index in [-0.39, 0.29) is 5.69 Å². The number of halogens is 1. The predicted octanol–water partition coefficient (Wildman–Crippen LogP) is 2.73. The molecule has 0 unspecified atom stereocenters. The molecule has 3 aromatic heterocycles. The van der Waals surface area contributed by atoms with Crippen molar-refractivity contribution in [3.05, 3.63) is 46.8 Å². The van der Waals surface area contributed by atoms with Crippen molar-refractivity contribution in [2.45, 2.75) is 37.4 Å². The van der Waals surface area contributed by atoms with E-state index in [1.807, 2.05) is 19.1 Å². The number of nitrogens with zero attached hydrogens (tertiary/aromatic N) is 6. The molecule has 3 fully saturated rings. The Kier molecular flexibility index (Phi) is 2.95. The minimum atomic E-state index is -1.10. The van der Waals surface area contributed by atoms with Gasteiger partial charge in [0.1, 0.15) is 11.2 Å². The molecule has 0 spiro atoms. The number of aromatic nitrogens is 6. The van der Waals surface area contributed by atoms with E-state index in [0.29, 0.717) is 36.4 Å². The normalized spacial score (nSPS) is 25.1. The molecule has 2 bridgehead atoms. The number of benzene rings is 1. The zero-order valence-electron chi connectivity index (χ0n) is 16.0. The molecule has 3 aliphatic rings. The minimum Gasteiger partial charge on any atom is -0.324 e. The zero-order valence-corrected chi connectivity index (χ0v) is 16.0. The number of alkyl halides is 1. The zero-order chi connectivity index (χ0) is 20.0. The number of aryl methyl sites for hydroxylation is 2. The minimum absolute atomic E-state index is 0.176. The fourth-order valence-electron chi connectivity index (χ4n) is 4.82. The lowest BCUT2D eigenvalue weighted by atomic mass is 9.47. The predicted molar refractivity (Wildman–Crippen MR) is 106 cm³/mol. The van der Waals surface area contributed by atoms with E-state index in [1.54, 1.807) is 30.2 Å². The van der Waals surface area contributed by atoms with Crippen molar-refractivity contribution in [3.8, 4) is 0 Å². The second-order valence-electron chi connectivity index (χ2n) is 8.32. The van der Waals surface area contributed by atoms with Crippen LogP contribution in [0.2, 0.25) is 0 Å². The maximum absolute atomic E-state index is 14.1. The highest BCUT2D eigenvalue weighted by Gasteiger charge is 2.71. The topological polar surface area (TPSA) is 90.5 Å². The largest absolute Gasteiger partial charge is 0.330 e. The molecule has 8 nitrogen and oxygen atoms in total. The van der Waals surface area contributed by atoms with Gasteiger partial charge in [-0.2, -0.15) is 4.98 Å². The highest BCUT2D eigenvalue weighted by molar-refractivity contribution is 5.82. The van der Waals surface area contributed by atoms with Gasteiger partial charge in [-0.15, -0.1) is 0 Å². The molecule has 0 amide bonds. The maximum Gasteiger partial charge on any atom is 0.330 e. The summed E-state index contributed by atoms with van der Waals surface area (Å²) in [5.41, 5.74) is 2.83. The standard InChI is InChI=1S/C20H18FN7O/c1-11-5-13-14(23-4-3-22-13)6-12(11)25-17-24-7-15-16(26-17)28(18(29)27(15)2)20-8-19(21,9-20)10-20/h3-7H,8-10H2,1-2H3,(H,24,25,26). The van der Waals surface area contributed by atoms with Crippen LogP contribution < -0.4 is 11.0 Å². The van der Waals surface area contributed by atoms with Crippen LogP contribution in [0.25, 0.3) is 22.2 Å². The number of hydrogen-bond donors (Lipinski definition) is 1. The van der Waals surface area contributed by atoms with Crippen LogP contribution in [-0.4, -0.2) is 34.7 Å². The van der Waals surface area contributed by atoms with Crippen LogP contribution in [0, 0.1) is 6.92 Å². The lowest BCUT2D eigenvalue weighted by Crippen LogP contribution is -2.71. The van der Waals surface area contributed by atoms with Crippen LogP contribution in [0.15, 0.2) is 35.5 Å². The van der Waals surface area contributed by atoms with Gasteiger partial charge in [0.25, 0.3) is 0 Å². The third kappa shape index (κ3) is 2.15. The number of fused-ring (bicyclic) bond motifs is 2. The highest BCUT2D eigenvalue weighted by atomic mass is 19.1. The van der Waals surface area contributed by atoms with E-state index < -0.39 is 11.2 Å². The molecule has 29 heavy (non-hydrogen) atoms. The number of nitrogens with one attached hydrogen (secondary N) is 1. The molecule has 1 N–H and O–H groups in total. The van der Waals surface area contributed by atoms with Crippen LogP contribution in [0.4, 0.5) is 16.0 Å². The molecule has 9 heteroatoms. The van der Waals surface area contributed by atoms with Crippen molar-refractivity contribution in [2.75, 3.05) is 5.32 Å². The van der Waals surface area contributed by atoms with Crippen LogP contribution in [-0.2, 0) is 12.6 Å². The first-order chi connectivity index (χ1) is 13.9. The van der Waals surface area contributed by atoms with Gasteiger partial charge in [-0.25, -0.2) is 14.2 Å². The van der Waals surface area contributed by atoms with Crippen LogP contribution in [0.5, 0.6) is 0 Å². The van der Waals surface area contributed by atoms with Crippen molar-refractivity contribution in [1.29, 1.82) is 0 Å². The molecule has 7 rings (SSSR count). The Morgan fingerprint density at radius 2 is 1.79 bits per heavy atom. The molecule has 3 saturated carbocycles. The third-order valence-corrected chi connectivity index (χ3v) is 6.28. The van der Waals surface area contributed by atoms with Gasteiger partial charge in [0.15, 0.2) is 5.65 Å². The molecule has 0 atom stereocenters. The van der Waals surface area contributed by atoms with Gasteiger partial charge in [-0.05, 0) is 24.6 Å². The first-order valence-electron chi connectivity index (χ1n) is 9.50. The Morgan fingerprint density at radius 1 is 1.10 bits per heavy atom. The Labute approximate surface area is 164 Å². The van der Waals surface area contributed by atoms with Crippen molar-refractivity contribution in [2.24, 2.45) is 7.05 Å².